The Balaban J connectivity index is 2.22. The van der Waals surface area contributed by atoms with Crippen LogP contribution in [0, 0.1) is 0 Å². The van der Waals surface area contributed by atoms with Crippen LogP contribution in [0.1, 0.15) is 35.3 Å². The summed E-state index contributed by atoms with van der Waals surface area (Å²) in [5.41, 5.74) is -2.41. The molecule has 0 bridgehead atoms. The summed E-state index contributed by atoms with van der Waals surface area (Å²) in [6, 6.07) is -0.0933. The zero-order valence-corrected chi connectivity index (χ0v) is 11.0. The van der Waals surface area contributed by atoms with Crippen LogP contribution >= 0.6 is 0 Å². The molecule has 1 aliphatic heterocycles. The van der Waals surface area contributed by atoms with Gasteiger partial charge in [-0.3, -0.25) is 0 Å². The minimum Gasteiger partial charge on any atom is -0.478 e. The Labute approximate surface area is 118 Å². The predicted octanol–water partition coefficient (Wildman–Crippen LogP) is 2.17. The molecule has 0 spiro atoms. The van der Waals surface area contributed by atoms with E-state index in [1.165, 1.54) is 0 Å². The Morgan fingerprint density at radius 3 is 2.81 bits per heavy atom. The van der Waals surface area contributed by atoms with E-state index < -0.39 is 23.4 Å². The first kappa shape index (κ1) is 15.5. The highest BCUT2D eigenvalue weighted by molar-refractivity contribution is 5.88. The third-order valence-electron chi connectivity index (χ3n) is 3.07. The standard InChI is InChI=1S/C12H14F3N3O3/c13-12(14,15)9-8(10(19)20)6-16-11(18-9)17-7-2-1-4-21-5-3-7/h6-7H,1-5H2,(H,19,20)(H,16,17,18). The van der Waals surface area contributed by atoms with Crippen molar-refractivity contribution in [3.05, 3.63) is 17.5 Å². The van der Waals surface area contributed by atoms with Crippen molar-refractivity contribution in [3.63, 3.8) is 0 Å². The lowest BCUT2D eigenvalue weighted by atomic mass is 10.1. The number of halogens is 3. The van der Waals surface area contributed by atoms with E-state index in [2.05, 4.69) is 15.3 Å². The first-order valence-corrected chi connectivity index (χ1v) is 6.39. The van der Waals surface area contributed by atoms with Gasteiger partial charge in [0, 0.05) is 25.5 Å². The Hall–Kier alpha value is -1.90. The molecule has 116 valence electrons. The van der Waals surface area contributed by atoms with Crippen molar-refractivity contribution in [2.75, 3.05) is 18.5 Å². The summed E-state index contributed by atoms with van der Waals surface area (Å²) in [6.45, 7) is 1.13. The zero-order valence-electron chi connectivity index (χ0n) is 11.0. The highest BCUT2D eigenvalue weighted by atomic mass is 19.4. The lowest BCUT2D eigenvalue weighted by Crippen LogP contribution is -2.23. The molecule has 0 amide bonds. The van der Waals surface area contributed by atoms with Gasteiger partial charge in [0.1, 0.15) is 5.56 Å². The van der Waals surface area contributed by atoms with Crippen molar-refractivity contribution in [2.24, 2.45) is 0 Å². The number of carboxylic acid groups (broad SMARTS) is 1. The molecular weight excluding hydrogens is 291 g/mol. The van der Waals surface area contributed by atoms with Gasteiger partial charge in [-0.15, -0.1) is 0 Å². The number of anilines is 1. The molecule has 1 unspecified atom stereocenters. The van der Waals surface area contributed by atoms with Gasteiger partial charge in [-0.05, 0) is 19.3 Å². The number of aromatic nitrogens is 2. The maximum atomic E-state index is 12.8. The zero-order chi connectivity index (χ0) is 15.5. The second kappa shape index (κ2) is 6.25. The molecule has 1 aromatic heterocycles. The van der Waals surface area contributed by atoms with E-state index in [-0.39, 0.29) is 12.0 Å². The van der Waals surface area contributed by atoms with Crippen molar-refractivity contribution in [1.82, 2.24) is 9.97 Å². The van der Waals surface area contributed by atoms with E-state index in [4.69, 9.17) is 9.84 Å². The van der Waals surface area contributed by atoms with Crippen LogP contribution < -0.4 is 5.32 Å². The average molecular weight is 305 g/mol. The van der Waals surface area contributed by atoms with Crippen molar-refractivity contribution < 1.29 is 27.8 Å². The average Bonchev–Trinajstić information content (AvgIpc) is 2.66. The molecule has 1 aromatic rings. The van der Waals surface area contributed by atoms with Gasteiger partial charge in [-0.2, -0.15) is 13.2 Å². The minimum atomic E-state index is -4.85. The first-order valence-electron chi connectivity index (χ1n) is 6.39. The van der Waals surface area contributed by atoms with Gasteiger partial charge in [0.25, 0.3) is 0 Å². The maximum Gasteiger partial charge on any atom is 0.434 e. The third-order valence-corrected chi connectivity index (χ3v) is 3.07. The lowest BCUT2D eigenvalue weighted by molar-refractivity contribution is -0.141. The topological polar surface area (TPSA) is 84.3 Å². The molecule has 0 radical (unpaired) electrons. The number of hydrogen-bond donors (Lipinski definition) is 2. The molecule has 2 heterocycles. The van der Waals surface area contributed by atoms with Crippen molar-refractivity contribution in [3.8, 4) is 0 Å². The van der Waals surface area contributed by atoms with E-state index in [1.54, 1.807) is 0 Å². The van der Waals surface area contributed by atoms with Gasteiger partial charge < -0.3 is 15.2 Å². The number of carboxylic acids is 1. The van der Waals surface area contributed by atoms with Crippen molar-refractivity contribution in [2.45, 2.75) is 31.5 Å². The Morgan fingerprint density at radius 1 is 1.38 bits per heavy atom. The molecule has 1 aliphatic rings. The monoisotopic (exact) mass is 305 g/mol. The van der Waals surface area contributed by atoms with Gasteiger partial charge in [-0.25, -0.2) is 14.8 Å². The van der Waals surface area contributed by atoms with Crippen LogP contribution in [-0.4, -0.2) is 40.3 Å². The normalized spacial score (nSPS) is 19.9. The molecule has 6 nitrogen and oxygen atoms in total. The van der Waals surface area contributed by atoms with Crippen LogP contribution in [0.15, 0.2) is 6.20 Å². The summed E-state index contributed by atoms with van der Waals surface area (Å²) >= 11 is 0. The molecule has 1 saturated heterocycles. The number of hydrogen-bond acceptors (Lipinski definition) is 5. The van der Waals surface area contributed by atoms with Crippen LogP contribution in [0.5, 0.6) is 0 Å². The van der Waals surface area contributed by atoms with E-state index in [9.17, 15) is 18.0 Å². The lowest BCUT2D eigenvalue weighted by Gasteiger charge is -2.17. The molecular formula is C12H14F3N3O3. The molecule has 2 rings (SSSR count). The number of rotatable bonds is 3. The molecule has 1 fully saturated rings. The molecule has 0 aromatic carbocycles. The van der Waals surface area contributed by atoms with Gasteiger partial charge >= 0.3 is 12.1 Å². The van der Waals surface area contributed by atoms with E-state index in [1.807, 2.05) is 0 Å². The number of nitrogens with one attached hydrogen (secondary N) is 1. The fraction of sp³-hybridized carbons (Fsp3) is 0.583. The van der Waals surface area contributed by atoms with Gasteiger partial charge in [0.05, 0.1) is 0 Å². The summed E-state index contributed by atoms with van der Waals surface area (Å²) in [5, 5.41) is 11.6. The van der Waals surface area contributed by atoms with Crippen LogP contribution in [0.4, 0.5) is 19.1 Å². The van der Waals surface area contributed by atoms with Crippen LogP contribution in [0.25, 0.3) is 0 Å². The quantitative estimate of drug-likeness (QED) is 0.890. The maximum absolute atomic E-state index is 12.8. The van der Waals surface area contributed by atoms with E-state index in [0.29, 0.717) is 25.8 Å². The van der Waals surface area contributed by atoms with Crippen molar-refractivity contribution in [1.29, 1.82) is 0 Å². The molecule has 1 atom stereocenters. The number of ether oxygens (including phenoxy) is 1. The highest BCUT2D eigenvalue weighted by Crippen LogP contribution is 2.31. The number of aromatic carboxylic acids is 1. The van der Waals surface area contributed by atoms with Gasteiger partial charge in [0.15, 0.2) is 5.69 Å². The molecule has 0 saturated carbocycles. The fourth-order valence-electron chi connectivity index (χ4n) is 2.05. The predicted molar refractivity (Wildman–Crippen MR) is 66.1 cm³/mol. The van der Waals surface area contributed by atoms with Crippen LogP contribution in [-0.2, 0) is 10.9 Å². The Kier molecular flexibility index (Phi) is 4.61. The second-order valence-corrected chi connectivity index (χ2v) is 4.64. The second-order valence-electron chi connectivity index (χ2n) is 4.64. The molecule has 21 heavy (non-hydrogen) atoms. The third kappa shape index (κ3) is 4.03. The number of alkyl halides is 3. The fourth-order valence-corrected chi connectivity index (χ4v) is 2.05. The molecule has 0 aliphatic carbocycles. The summed E-state index contributed by atoms with van der Waals surface area (Å²) in [7, 11) is 0. The Bertz CT molecular complexity index is 514. The highest BCUT2D eigenvalue weighted by Gasteiger charge is 2.38. The molecule has 2 N–H and O–H groups in total. The summed E-state index contributed by atoms with van der Waals surface area (Å²) in [5.74, 6) is -1.93. The Morgan fingerprint density at radius 2 is 2.14 bits per heavy atom. The number of nitrogens with zero attached hydrogens (tertiary/aromatic N) is 2. The van der Waals surface area contributed by atoms with E-state index in [0.717, 1.165) is 12.8 Å². The summed E-state index contributed by atoms with van der Waals surface area (Å²) < 4.78 is 43.7. The van der Waals surface area contributed by atoms with Gasteiger partial charge in [0.2, 0.25) is 5.95 Å². The first-order chi connectivity index (χ1) is 9.88. The largest absolute Gasteiger partial charge is 0.478 e. The minimum absolute atomic E-state index is 0.0933. The van der Waals surface area contributed by atoms with E-state index >= 15 is 0 Å². The summed E-state index contributed by atoms with van der Waals surface area (Å²) in [4.78, 5) is 17.8. The van der Waals surface area contributed by atoms with Crippen LogP contribution in [0.2, 0.25) is 0 Å². The van der Waals surface area contributed by atoms with Crippen LogP contribution in [0.3, 0.4) is 0 Å². The molecule has 9 heteroatoms. The van der Waals surface area contributed by atoms with Gasteiger partial charge in [-0.1, -0.05) is 0 Å². The SMILES string of the molecule is O=C(O)c1cnc(NC2CCCOCC2)nc1C(F)(F)F. The number of carbonyl (C=O) groups is 1. The smallest absolute Gasteiger partial charge is 0.434 e. The van der Waals surface area contributed by atoms with Crippen molar-refractivity contribution >= 4 is 11.9 Å². The summed E-state index contributed by atoms with van der Waals surface area (Å²) in [6.07, 6.45) is -2.03.